The fourth-order valence-electron chi connectivity index (χ4n) is 1.50. The van der Waals surface area contributed by atoms with E-state index in [1.807, 2.05) is 24.3 Å². The van der Waals surface area contributed by atoms with Crippen LogP contribution in [0.1, 0.15) is 5.01 Å². The minimum absolute atomic E-state index is 0. The molecule has 1 aromatic carbocycles. The largest absolute Gasteiger partial charge is 1.00 e. The molecule has 4 nitrogen and oxygen atoms in total. The zero-order valence-electron chi connectivity index (χ0n) is 9.74. The molecule has 0 aliphatic rings. The van der Waals surface area contributed by atoms with Gasteiger partial charge in [-0.15, -0.1) is 11.3 Å². The van der Waals surface area contributed by atoms with Crippen LogP contribution in [0.4, 0.5) is 0 Å². The molecule has 18 heavy (non-hydrogen) atoms. The molecule has 2 aromatic rings. The molecular weight excluding hydrogens is 301 g/mol. The molecule has 1 atom stereocenters. The Morgan fingerprint density at radius 3 is 2.67 bits per heavy atom. The van der Waals surface area contributed by atoms with E-state index in [0.717, 1.165) is 15.2 Å². The molecule has 8 heteroatoms. The quantitative estimate of drug-likeness (QED) is 0.432. The van der Waals surface area contributed by atoms with Gasteiger partial charge in [0, 0.05) is 11.7 Å². The predicted octanol–water partition coefficient (Wildman–Crippen LogP) is -1.31. The number of hydrogen-bond acceptors (Lipinski definition) is 6. The molecule has 0 radical (unpaired) electrons. The van der Waals surface area contributed by atoms with Crippen LogP contribution in [-0.4, -0.2) is 29.0 Å². The van der Waals surface area contributed by atoms with Gasteiger partial charge in [0.25, 0.3) is 0 Å². The summed E-state index contributed by atoms with van der Waals surface area (Å²) in [6.07, 6.45) is 0.393. The zero-order valence-corrected chi connectivity index (χ0v) is 14.3. The Labute approximate surface area is 137 Å². The molecule has 92 valence electrons. The van der Waals surface area contributed by atoms with Crippen molar-refractivity contribution in [2.45, 2.75) is 11.7 Å². The van der Waals surface area contributed by atoms with E-state index in [2.05, 4.69) is 17.6 Å². The van der Waals surface area contributed by atoms with Crippen LogP contribution in [0, 0.1) is 0 Å². The first kappa shape index (κ1) is 16.4. The smallest absolute Gasteiger partial charge is 0.748 e. The van der Waals surface area contributed by atoms with Crippen molar-refractivity contribution in [1.82, 2.24) is 4.98 Å². The molecule has 0 fully saturated rings. The number of para-hydroxylation sites is 1. The van der Waals surface area contributed by atoms with E-state index in [4.69, 9.17) is 0 Å². The van der Waals surface area contributed by atoms with Crippen LogP contribution in [0.3, 0.4) is 0 Å². The minimum atomic E-state index is -4.22. The van der Waals surface area contributed by atoms with E-state index >= 15 is 0 Å². The van der Waals surface area contributed by atoms with E-state index < -0.39 is 21.1 Å². The maximum Gasteiger partial charge on any atom is 1.00 e. The Kier molecular flexibility index (Phi) is 6.11. The number of aromatic nitrogens is 1. The molecular formula is C10H10NNaO3S3. The van der Waals surface area contributed by atoms with Gasteiger partial charge in [-0.1, -0.05) is 12.1 Å². The standard InChI is InChI=1S/C10H11NO3S3.Na/c12-17(13,14)6-7(15)5-10-11-8-3-1-2-4-9(8)16-10;/h1-4,7,15H,5-6H2,(H,12,13,14);/q;+1/p-1. The number of nitrogens with zero attached hydrogens (tertiary/aromatic N) is 1. The third-order valence-electron chi connectivity index (χ3n) is 2.14. The molecule has 1 aromatic heterocycles. The van der Waals surface area contributed by atoms with E-state index in [1.54, 1.807) is 0 Å². The fraction of sp³-hybridized carbons (Fsp3) is 0.300. The first-order valence-electron chi connectivity index (χ1n) is 4.90. The summed E-state index contributed by atoms with van der Waals surface area (Å²) in [5.74, 6) is -0.466. The van der Waals surface area contributed by atoms with Crippen molar-refractivity contribution in [2.24, 2.45) is 0 Å². The van der Waals surface area contributed by atoms with Crippen molar-refractivity contribution >= 4 is 44.3 Å². The number of hydrogen-bond donors (Lipinski definition) is 1. The second-order valence-corrected chi connectivity index (χ2v) is 6.95. The SMILES string of the molecule is O=S(=O)([O-])CC(S)Cc1nc2ccccc2s1.[Na+]. The molecule has 0 bridgehead atoms. The Balaban J connectivity index is 0.00000162. The molecule has 0 saturated heterocycles. The molecule has 0 spiro atoms. The van der Waals surface area contributed by atoms with Crippen molar-refractivity contribution in [3.05, 3.63) is 29.3 Å². The van der Waals surface area contributed by atoms with E-state index in [9.17, 15) is 13.0 Å². The van der Waals surface area contributed by atoms with E-state index in [-0.39, 0.29) is 29.6 Å². The average Bonchev–Trinajstić information content (AvgIpc) is 2.55. The summed E-state index contributed by atoms with van der Waals surface area (Å²) in [4.78, 5) is 4.36. The number of thiazole rings is 1. The monoisotopic (exact) mass is 311 g/mol. The normalized spacial score (nSPS) is 13.2. The topological polar surface area (TPSA) is 70.1 Å². The first-order chi connectivity index (χ1) is 7.94. The second kappa shape index (κ2) is 6.69. The summed E-state index contributed by atoms with van der Waals surface area (Å²) in [7, 11) is -4.22. The minimum Gasteiger partial charge on any atom is -0.748 e. The van der Waals surface area contributed by atoms with Crippen molar-refractivity contribution in [3.8, 4) is 0 Å². The van der Waals surface area contributed by atoms with Crippen molar-refractivity contribution in [3.63, 3.8) is 0 Å². The maximum absolute atomic E-state index is 10.6. The fourth-order valence-corrected chi connectivity index (χ4v) is 3.98. The van der Waals surface area contributed by atoms with Crippen LogP contribution in [0.15, 0.2) is 24.3 Å². The maximum atomic E-state index is 10.6. The summed E-state index contributed by atoms with van der Waals surface area (Å²) in [5, 5.41) is 0.299. The van der Waals surface area contributed by atoms with Gasteiger partial charge in [-0.3, -0.25) is 0 Å². The molecule has 0 saturated carbocycles. The molecule has 1 heterocycles. The zero-order chi connectivity index (χ0) is 12.5. The summed E-state index contributed by atoms with van der Waals surface area (Å²) in [5.41, 5.74) is 0.887. The Morgan fingerprint density at radius 2 is 2.06 bits per heavy atom. The Bertz CT molecular complexity index is 593. The third-order valence-corrected chi connectivity index (χ3v) is 4.63. The molecule has 0 aliphatic heterocycles. The summed E-state index contributed by atoms with van der Waals surface area (Å²) < 4.78 is 32.8. The van der Waals surface area contributed by atoms with Crippen LogP contribution in [0.5, 0.6) is 0 Å². The van der Waals surface area contributed by atoms with Crippen molar-refractivity contribution in [1.29, 1.82) is 0 Å². The molecule has 0 amide bonds. The van der Waals surface area contributed by atoms with Gasteiger partial charge in [0.1, 0.15) is 0 Å². The van der Waals surface area contributed by atoms with Gasteiger partial charge in [-0.05, 0) is 12.1 Å². The van der Waals surface area contributed by atoms with Gasteiger partial charge in [-0.2, -0.15) is 12.6 Å². The average molecular weight is 311 g/mol. The van der Waals surface area contributed by atoms with Crippen LogP contribution in [0.25, 0.3) is 10.2 Å². The molecule has 0 aliphatic carbocycles. The van der Waals surface area contributed by atoms with Gasteiger partial charge in [0.2, 0.25) is 0 Å². The van der Waals surface area contributed by atoms with E-state index in [0.29, 0.717) is 6.42 Å². The van der Waals surface area contributed by atoms with Crippen LogP contribution < -0.4 is 29.6 Å². The summed E-state index contributed by atoms with van der Waals surface area (Å²) in [6, 6.07) is 7.66. The molecule has 2 rings (SSSR count). The van der Waals surface area contributed by atoms with Crippen molar-refractivity contribution in [2.75, 3.05) is 5.75 Å². The number of benzene rings is 1. The van der Waals surface area contributed by atoms with Crippen molar-refractivity contribution < 1.29 is 42.5 Å². The number of rotatable bonds is 4. The van der Waals surface area contributed by atoms with Gasteiger partial charge in [0.15, 0.2) is 0 Å². The number of fused-ring (bicyclic) bond motifs is 1. The second-order valence-electron chi connectivity index (χ2n) is 3.66. The van der Waals surface area contributed by atoms with Crippen LogP contribution in [-0.2, 0) is 16.5 Å². The summed E-state index contributed by atoms with van der Waals surface area (Å²) in [6.45, 7) is 0. The first-order valence-corrected chi connectivity index (χ1v) is 7.81. The van der Waals surface area contributed by atoms with Gasteiger partial charge in [0.05, 0.1) is 31.1 Å². The third kappa shape index (κ3) is 4.80. The molecule has 1 unspecified atom stereocenters. The van der Waals surface area contributed by atoms with Crippen LogP contribution >= 0.6 is 24.0 Å². The Hall–Kier alpha value is 0.370. The van der Waals surface area contributed by atoms with Crippen LogP contribution in [0.2, 0.25) is 0 Å². The van der Waals surface area contributed by atoms with Gasteiger partial charge >= 0.3 is 29.6 Å². The predicted molar refractivity (Wildman–Crippen MR) is 70.7 cm³/mol. The van der Waals surface area contributed by atoms with E-state index in [1.165, 1.54) is 11.3 Å². The number of thiol groups is 1. The Morgan fingerprint density at radius 1 is 1.39 bits per heavy atom. The summed E-state index contributed by atoms with van der Waals surface area (Å²) >= 11 is 5.60. The molecule has 0 N–H and O–H groups in total. The van der Waals surface area contributed by atoms with Gasteiger partial charge < -0.3 is 4.55 Å². The van der Waals surface area contributed by atoms with Gasteiger partial charge in [-0.25, -0.2) is 13.4 Å².